The van der Waals surface area contributed by atoms with Crippen molar-refractivity contribution in [2.75, 3.05) is 6.61 Å². The van der Waals surface area contributed by atoms with Gasteiger partial charge in [0.15, 0.2) is 0 Å². The lowest BCUT2D eigenvalue weighted by Gasteiger charge is -2.21. The van der Waals surface area contributed by atoms with Gasteiger partial charge < -0.3 is 9.72 Å². The van der Waals surface area contributed by atoms with E-state index in [9.17, 15) is 0 Å². The molecule has 1 aromatic rings. The smallest absolute Gasteiger partial charge is 0.144 e. The van der Waals surface area contributed by atoms with Crippen LogP contribution in [0.4, 0.5) is 0 Å². The summed E-state index contributed by atoms with van der Waals surface area (Å²) in [5.74, 6) is 1.74. The van der Waals surface area contributed by atoms with E-state index < -0.39 is 0 Å². The number of aromatic amines is 1. The molecule has 0 aromatic carbocycles. The van der Waals surface area contributed by atoms with Crippen LogP contribution in [0.15, 0.2) is 4.47 Å². The van der Waals surface area contributed by atoms with Crippen LogP contribution in [0.5, 0.6) is 0 Å². The van der Waals surface area contributed by atoms with Crippen LogP contribution in [0.1, 0.15) is 52.2 Å². The van der Waals surface area contributed by atoms with Crippen molar-refractivity contribution in [3.8, 4) is 0 Å². The van der Waals surface area contributed by atoms with Gasteiger partial charge in [-0.1, -0.05) is 39.9 Å². The molecule has 1 atom stereocenters. The first-order valence-electron chi connectivity index (χ1n) is 6.77. The maximum Gasteiger partial charge on any atom is 0.144 e. The molecule has 19 heavy (non-hydrogen) atoms. The molecule has 3 nitrogen and oxygen atoms in total. The van der Waals surface area contributed by atoms with Crippen LogP contribution in [-0.2, 0) is 11.2 Å². The van der Waals surface area contributed by atoms with Gasteiger partial charge in [-0.05, 0) is 41.1 Å². The quantitative estimate of drug-likeness (QED) is 0.749. The number of nitrogens with zero attached hydrogens (tertiary/aromatic N) is 1. The second-order valence-electron chi connectivity index (χ2n) is 5.44. The van der Waals surface area contributed by atoms with Crippen molar-refractivity contribution in [2.45, 2.75) is 47.1 Å². The summed E-state index contributed by atoms with van der Waals surface area (Å²) < 4.78 is 7.30. The molecule has 1 N–H and O–H groups in total. The van der Waals surface area contributed by atoms with Crippen LogP contribution >= 0.6 is 28.1 Å². The van der Waals surface area contributed by atoms with Gasteiger partial charge in [0.05, 0.1) is 4.47 Å². The van der Waals surface area contributed by atoms with Gasteiger partial charge in [0.1, 0.15) is 16.6 Å². The monoisotopic (exact) mass is 346 g/mol. The fourth-order valence-electron chi connectivity index (χ4n) is 1.98. The Morgan fingerprint density at radius 1 is 1.32 bits per heavy atom. The highest BCUT2D eigenvalue weighted by Gasteiger charge is 2.20. The number of rotatable bonds is 6. The SMILES string of the molecule is CCOC(c1nc(=S)c(Br)c(CC(C)C)[nH]1)C(C)C. The Labute approximate surface area is 129 Å². The van der Waals surface area contributed by atoms with E-state index in [1.165, 1.54) is 0 Å². The molecule has 0 saturated heterocycles. The second kappa shape index (κ2) is 7.50. The maximum atomic E-state index is 5.79. The summed E-state index contributed by atoms with van der Waals surface area (Å²) in [4.78, 5) is 7.87. The number of H-pyrrole nitrogens is 1. The van der Waals surface area contributed by atoms with Crippen molar-refractivity contribution in [3.05, 3.63) is 20.6 Å². The van der Waals surface area contributed by atoms with E-state index in [-0.39, 0.29) is 6.10 Å². The Hall–Kier alpha value is -0.260. The Kier molecular flexibility index (Phi) is 6.63. The lowest BCUT2D eigenvalue weighted by Crippen LogP contribution is -2.16. The van der Waals surface area contributed by atoms with Crippen LogP contribution in [-0.4, -0.2) is 16.6 Å². The van der Waals surface area contributed by atoms with Gasteiger partial charge in [0.2, 0.25) is 0 Å². The summed E-state index contributed by atoms with van der Waals surface area (Å²) in [5.41, 5.74) is 1.11. The zero-order valence-corrected chi connectivity index (χ0v) is 14.7. The topological polar surface area (TPSA) is 37.9 Å². The third kappa shape index (κ3) is 4.65. The number of aromatic nitrogens is 2. The summed E-state index contributed by atoms with van der Waals surface area (Å²) in [7, 11) is 0. The first kappa shape index (κ1) is 16.8. The predicted octanol–water partition coefficient (Wildman–Crippen LogP) is 4.83. The Morgan fingerprint density at radius 2 is 1.95 bits per heavy atom. The normalized spacial score (nSPS) is 13.3. The molecule has 1 unspecified atom stereocenters. The average molecular weight is 347 g/mol. The van der Waals surface area contributed by atoms with E-state index in [1.807, 2.05) is 6.92 Å². The van der Waals surface area contributed by atoms with E-state index in [4.69, 9.17) is 17.0 Å². The third-order valence-corrected chi connectivity index (χ3v) is 4.20. The van der Waals surface area contributed by atoms with Gasteiger partial charge in [-0.15, -0.1) is 0 Å². The highest BCUT2D eigenvalue weighted by Crippen LogP contribution is 2.26. The van der Waals surface area contributed by atoms with E-state index in [0.717, 1.165) is 22.4 Å². The van der Waals surface area contributed by atoms with Crippen molar-refractivity contribution < 1.29 is 4.74 Å². The Morgan fingerprint density at radius 3 is 2.42 bits per heavy atom. The molecule has 1 rings (SSSR count). The van der Waals surface area contributed by atoms with Gasteiger partial charge in [0, 0.05) is 12.3 Å². The largest absolute Gasteiger partial charge is 0.370 e. The molecular formula is C14H23BrN2OS. The summed E-state index contributed by atoms with van der Waals surface area (Å²) in [5, 5.41) is 0. The van der Waals surface area contributed by atoms with Crippen molar-refractivity contribution in [2.24, 2.45) is 11.8 Å². The van der Waals surface area contributed by atoms with Crippen LogP contribution in [0.3, 0.4) is 0 Å². The molecule has 0 amide bonds. The van der Waals surface area contributed by atoms with E-state index in [2.05, 4.69) is 53.6 Å². The van der Waals surface area contributed by atoms with Crippen LogP contribution in [0.2, 0.25) is 0 Å². The molecule has 108 valence electrons. The van der Waals surface area contributed by atoms with Gasteiger partial charge in [-0.25, -0.2) is 4.98 Å². The second-order valence-corrected chi connectivity index (χ2v) is 6.62. The fourth-order valence-corrected chi connectivity index (χ4v) is 2.55. The molecule has 1 aromatic heterocycles. The molecular weight excluding hydrogens is 324 g/mol. The number of nitrogens with one attached hydrogen (secondary N) is 1. The summed E-state index contributed by atoms with van der Waals surface area (Å²) in [6.07, 6.45) is 0.905. The first-order chi connectivity index (χ1) is 8.86. The van der Waals surface area contributed by atoms with Gasteiger partial charge in [0.25, 0.3) is 0 Å². The summed E-state index contributed by atoms with van der Waals surface area (Å²) in [6, 6.07) is 0. The standard InChI is InChI=1S/C14H23BrN2OS/c1-6-18-12(9(4)5)13-16-10(7-8(2)3)11(15)14(19)17-13/h8-9,12H,6-7H2,1-5H3,(H,16,17,19). The van der Waals surface area contributed by atoms with E-state index in [1.54, 1.807) is 0 Å². The van der Waals surface area contributed by atoms with Crippen LogP contribution < -0.4 is 0 Å². The molecule has 0 fully saturated rings. The lowest BCUT2D eigenvalue weighted by atomic mass is 10.1. The average Bonchev–Trinajstić information content (AvgIpc) is 2.30. The molecule has 1 heterocycles. The zero-order chi connectivity index (χ0) is 14.6. The molecule has 0 radical (unpaired) electrons. The van der Waals surface area contributed by atoms with E-state index in [0.29, 0.717) is 23.1 Å². The number of hydrogen-bond donors (Lipinski definition) is 1. The van der Waals surface area contributed by atoms with Gasteiger partial charge in [-0.2, -0.15) is 0 Å². The highest BCUT2D eigenvalue weighted by molar-refractivity contribution is 9.10. The molecule has 0 bridgehead atoms. The maximum absolute atomic E-state index is 5.79. The fraction of sp³-hybridized carbons (Fsp3) is 0.714. The van der Waals surface area contributed by atoms with Crippen LogP contribution in [0.25, 0.3) is 0 Å². The minimum Gasteiger partial charge on any atom is -0.370 e. The van der Waals surface area contributed by atoms with Gasteiger partial charge in [-0.3, -0.25) is 0 Å². The third-order valence-electron chi connectivity index (χ3n) is 2.79. The number of ether oxygens (including phenoxy) is 1. The zero-order valence-electron chi connectivity index (χ0n) is 12.3. The summed E-state index contributed by atoms with van der Waals surface area (Å²) in [6.45, 7) is 11.3. The summed E-state index contributed by atoms with van der Waals surface area (Å²) >= 11 is 8.87. The molecule has 0 aliphatic carbocycles. The molecule has 0 aliphatic rings. The van der Waals surface area contributed by atoms with Crippen LogP contribution in [0, 0.1) is 16.5 Å². The predicted molar refractivity (Wildman–Crippen MR) is 84.9 cm³/mol. The Bertz CT molecular complexity index is 471. The molecule has 0 spiro atoms. The Balaban J connectivity index is 3.21. The van der Waals surface area contributed by atoms with Crippen molar-refractivity contribution in [3.63, 3.8) is 0 Å². The number of halogens is 1. The molecule has 0 saturated carbocycles. The highest BCUT2D eigenvalue weighted by atomic mass is 79.9. The van der Waals surface area contributed by atoms with Crippen molar-refractivity contribution >= 4 is 28.1 Å². The minimum atomic E-state index is -0.0364. The van der Waals surface area contributed by atoms with Crippen molar-refractivity contribution in [1.29, 1.82) is 0 Å². The van der Waals surface area contributed by atoms with Gasteiger partial charge >= 0.3 is 0 Å². The first-order valence-corrected chi connectivity index (χ1v) is 7.97. The minimum absolute atomic E-state index is 0.0364. The van der Waals surface area contributed by atoms with E-state index >= 15 is 0 Å². The molecule has 5 heteroatoms. The lowest BCUT2D eigenvalue weighted by molar-refractivity contribution is 0.0229. The number of hydrogen-bond acceptors (Lipinski definition) is 3. The van der Waals surface area contributed by atoms with Crippen molar-refractivity contribution in [1.82, 2.24) is 9.97 Å². The molecule has 0 aliphatic heterocycles.